The zero-order valence-electron chi connectivity index (χ0n) is 8.33. The largest absolute Gasteiger partial charge is 0.469 e. The van der Waals surface area contributed by atoms with Crippen LogP contribution in [-0.2, 0) is 19.1 Å². The van der Waals surface area contributed by atoms with Gasteiger partial charge in [0.1, 0.15) is 0 Å². The molecule has 5 nitrogen and oxygen atoms in total. The fourth-order valence-corrected chi connectivity index (χ4v) is 0.228. The number of hydrogen-bond acceptors (Lipinski definition) is 5. The summed E-state index contributed by atoms with van der Waals surface area (Å²) in [6.07, 6.45) is 1.58. The van der Waals surface area contributed by atoms with Gasteiger partial charge >= 0.3 is 11.9 Å². The number of esters is 2. The van der Waals surface area contributed by atoms with Gasteiger partial charge in [0.05, 0.1) is 14.2 Å². The Balaban J connectivity index is -0.000000143. The lowest BCUT2D eigenvalue weighted by atomic mass is 10.5. The summed E-state index contributed by atoms with van der Waals surface area (Å²) < 4.78 is 8.40. The minimum atomic E-state index is -0.394. The SMILES string of the molecule is C=CC(=O)OC.CCC(=O)OC.N. The van der Waals surface area contributed by atoms with Gasteiger partial charge in [0, 0.05) is 12.5 Å². The van der Waals surface area contributed by atoms with Crippen LogP contribution < -0.4 is 6.15 Å². The average Bonchev–Trinajstić information content (AvgIpc) is 2.16. The first-order valence-corrected chi connectivity index (χ1v) is 3.39. The van der Waals surface area contributed by atoms with Crippen molar-refractivity contribution in [3.8, 4) is 0 Å². The van der Waals surface area contributed by atoms with Crippen LogP contribution in [0.2, 0.25) is 0 Å². The van der Waals surface area contributed by atoms with Crippen molar-refractivity contribution in [1.82, 2.24) is 6.15 Å². The van der Waals surface area contributed by atoms with E-state index in [9.17, 15) is 9.59 Å². The minimum absolute atomic E-state index is 0. The fraction of sp³-hybridized carbons (Fsp3) is 0.500. The van der Waals surface area contributed by atoms with E-state index in [0.717, 1.165) is 6.08 Å². The van der Waals surface area contributed by atoms with Gasteiger partial charge < -0.3 is 15.6 Å². The van der Waals surface area contributed by atoms with Gasteiger partial charge in [0.2, 0.25) is 0 Å². The number of hydrogen-bond donors (Lipinski definition) is 1. The van der Waals surface area contributed by atoms with Crippen molar-refractivity contribution in [2.45, 2.75) is 13.3 Å². The molecule has 0 saturated heterocycles. The zero-order valence-corrected chi connectivity index (χ0v) is 8.33. The van der Waals surface area contributed by atoms with E-state index in [4.69, 9.17) is 0 Å². The van der Waals surface area contributed by atoms with Crippen LogP contribution in [0.1, 0.15) is 13.3 Å². The summed E-state index contributed by atoms with van der Waals surface area (Å²) in [5.41, 5.74) is 0. The van der Waals surface area contributed by atoms with Gasteiger partial charge in [-0.25, -0.2) is 4.79 Å². The Kier molecular flexibility index (Phi) is 18.0. The molecule has 0 atom stereocenters. The van der Waals surface area contributed by atoms with Gasteiger partial charge in [-0.15, -0.1) is 0 Å². The monoisotopic (exact) mass is 191 g/mol. The number of carbonyl (C=O) groups is 2. The molecule has 0 fully saturated rings. The standard InChI is InChI=1S/C4H8O2.C4H6O2.H3N/c2*1-3-4(5)6-2;/h3H2,1-2H3;3H,1H2,2H3;1H3. The number of methoxy groups -OCH3 is 2. The molecule has 3 N–H and O–H groups in total. The first-order valence-electron chi connectivity index (χ1n) is 3.39. The summed E-state index contributed by atoms with van der Waals surface area (Å²) in [6, 6.07) is 0. The molecule has 5 heteroatoms. The third-order valence-corrected chi connectivity index (χ3v) is 0.884. The van der Waals surface area contributed by atoms with Crippen molar-refractivity contribution in [3.63, 3.8) is 0 Å². The average molecular weight is 191 g/mol. The zero-order chi connectivity index (χ0) is 9.98. The molecule has 0 rings (SSSR count). The first-order chi connectivity index (χ1) is 5.62. The molecule has 0 aromatic rings. The van der Waals surface area contributed by atoms with Gasteiger partial charge in [-0.05, 0) is 0 Å². The van der Waals surface area contributed by atoms with Crippen molar-refractivity contribution in [2.75, 3.05) is 14.2 Å². The van der Waals surface area contributed by atoms with Gasteiger partial charge in [0.15, 0.2) is 0 Å². The summed E-state index contributed by atoms with van der Waals surface area (Å²) in [4.78, 5) is 19.8. The van der Waals surface area contributed by atoms with Gasteiger partial charge in [0.25, 0.3) is 0 Å². The van der Waals surface area contributed by atoms with E-state index in [-0.39, 0.29) is 12.1 Å². The highest BCUT2D eigenvalue weighted by Crippen LogP contribution is 1.76. The third-order valence-electron chi connectivity index (χ3n) is 0.884. The molecule has 0 bridgehead atoms. The molecule has 0 heterocycles. The second-order valence-corrected chi connectivity index (χ2v) is 1.66. The molecule has 0 aliphatic rings. The molecule has 0 spiro atoms. The van der Waals surface area contributed by atoms with Crippen molar-refractivity contribution in [3.05, 3.63) is 12.7 Å². The lowest BCUT2D eigenvalue weighted by Crippen LogP contribution is -1.94. The van der Waals surface area contributed by atoms with E-state index in [1.165, 1.54) is 14.2 Å². The van der Waals surface area contributed by atoms with Crippen LogP contribution >= 0.6 is 0 Å². The lowest BCUT2D eigenvalue weighted by Gasteiger charge is -1.87. The molecule has 0 aromatic heterocycles. The first kappa shape index (κ1) is 17.7. The highest BCUT2D eigenvalue weighted by molar-refractivity contribution is 5.80. The molecule has 0 unspecified atom stereocenters. The number of carbonyl (C=O) groups excluding carboxylic acids is 2. The summed E-state index contributed by atoms with van der Waals surface area (Å²) in [5, 5.41) is 0. The molecule has 0 aliphatic carbocycles. The van der Waals surface area contributed by atoms with Crippen LogP contribution in [0, 0.1) is 0 Å². The second-order valence-electron chi connectivity index (χ2n) is 1.66. The topological polar surface area (TPSA) is 87.6 Å². The Labute approximate surface area is 78.3 Å². The van der Waals surface area contributed by atoms with Gasteiger partial charge in [-0.3, -0.25) is 4.79 Å². The third kappa shape index (κ3) is 18.0. The van der Waals surface area contributed by atoms with Crippen LogP contribution in [0.25, 0.3) is 0 Å². The number of rotatable bonds is 2. The maximum atomic E-state index is 9.96. The maximum absolute atomic E-state index is 9.96. The second kappa shape index (κ2) is 13.2. The highest BCUT2D eigenvalue weighted by atomic mass is 16.5. The molecule has 0 amide bonds. The summed E-state index contributed by atoms with van der Waals surface area (Å²) in [7, 11) is 2.69. The molecule has 0 radical (unpaired) electrons. The molecule has 0 saturated carbocycles. The van der Waals surface area contributed by atoms with E-state index in [0.29, 0.717) is 6.42 Å². The normalized spacial score (nSPS) is 6.69. The Morgan fingerprint density at radius 2 is 1.77 bits per heavy atom. The number of ether oxygens (including phenoxy) is 2. The lowest BCUT2D eigenvalue weighted by molar-refractivity contribution is -0.140. The maximum Gasteiger partial charge on any atom is 0.329 e. The predicted octanol–water partition coefficient (Wildman–Crippen LogP) is 1.08. The molecule has 13 heavy (non-hydrogen) atoms. The van der Waals surface area contributed by atoms with Gasteiger partial charge in [-0.1, -0.05) is 13.5 Å². The molecule has 78 valence electrons. The predicted molar refractivity (Wildman–Crippen MR) is 49.5 cm³/mol. The van der Waals surface area contributed by atoms with Crippen LogP contribution in [0.4, 0.5) is 0 Å². The van der Waals surface area contributed by atoms with Crippen molar-refractivity contribution in [2.24, 2.45) is 0 Å². The summed E-state index contributed by atoms with van der Waals surface area (Å²) in [5.74, 6) is -0.551. The molecular weight excluding hydrogens is 174 g/mol. The van der Waals surface area contributed by atoms with Crippen molar-refractivity contribution >= 4 is 11.9 Å². The minimum Gasteiger partial charge on any atom is -0.469 e. The molecular formula is C8H17NO4. The quantitative estimate of drug-likeness (QED) is 0.521. The highest BCUT2D eigenvalue weighted by Gasteiger charge is 1.87. The van der Waals surface area contributed by atoms with E-state index in [1.54, 1.807) is 6.92 Å². The van der Waals surface area contributed by atoms with E-state index in [1.807, 2.05) is 0 Å². The Morgan fingerprint density at radius 3 is 1.77 bits per heavy atom. The Hall–Kier alpha value is -1.36. The fourth-order valence-electron chi connectivity index (χ4n) is 0.228. The Bertz CT molecular complexity index is 150. The van der Waals surface area contributed by atoms with Crippen LogP contribution in [0.3, 0.4) is 0 Å². The Morgan fingerprint density at radius 1 is 1.31 bits per heavy atom. The summed E-state index contributed by atoms with van der Waals surface area (Å²) >= 11 is 0. The van der Waals surface area contributed by atoms with Crippen molar-refractivity contribution < 1.29 is 19.1 Å². The molecule has 0 aromatic carbocycles. The molecule has 0 aliphatic heterocycles. The van der Waals surface area contributed by atoms with Crippen LogP contribution in [-0.4, -0.2) is 26.2 Å². The van der Waals surface area contributed by atoms with E-state index < -0.39 is 5.97 Å². The summed E-state index contributed by atoms with van der Waals surface area (Å²) in [6.45, 7) is 4.91. The smallest absolute Gasteiger partial charge is 0.329 e. The van der Waals surface area contributed by atoms with E-state index >= 15 is 0 Å². The van der Waals surface area contributed by atoms with Gasteiger partial charge in [-0.2, -0.15) is 0 Å². The van der Waals surface area contributed by atoms with Crippen LogP contribution in [0.15, 0.2) is 12.7 Å². The van der Waals surface area contributed by atoms with E-state index in [2.05, 4.69) is 16.1 Å². The van der Waals surface area contributed by atoms with Crippen LogP contribution in [0.5, 0.6) is 0 Å². The van der Waals surface area contributed by atoms with Crippen molar-refractivity contribution in [1.29, 1.82) is 0 Å².